The summed E-state index contributed by atoms with van der Waals surface area (Å²) in [4.78, 5) is 0. The highest BCUT2D eigenvalue weighted by molar-refractivity contribution is 6.76. The Balaban J connectivity index is 1.60. The number of hydrogen-bond acceptors (Lipinski definition) is 6. The Bertz CT molecular complexity index is 1120. The summed E-state index contributed by atoms with van der Waals surface area (Å²) >= 11 is 0. The van der Waals surface area contributed by atoms with E-state index < -0.39 is 26.4 Å². The van der Waals surface area contributed by atoms with Gasteiger partial charge in [0.2, 0.25) is 0 Å². The molecule has 2 aromatic heterocycles. The van der Waals surface area contributed by atoms with Crippen molar-refractivity contribution >= 4 is 31.6 Å². The summed E-state index contributed by atoms with van der Waals surface area (Å²) < 4.78 is 27.5. The Morgan fingerprint density at radius 3 is 2.36 bits per heavy atom. The number of fused-ring (bicyclic) bond motifs is 1. The maximum Gasteiger partial charge on any atom is 0.495 e. The second-order valence-corrected chi connectivity index (χ2v) is 16.5. The Kier molecular flexibility index (Phi) is 6.24. The molecule has 0 unspecified atom stereocenters. The third-order valence-electron chi connectivity index (χ3n) is 6.46. The molecule has 10 heteroatoms. The second kappa shape index (κ2) is 8.57. The Morgan fingerprint density at radius 2 is 1.73 bits per heavy atom. The van der Waals surface area contributed by atoms with Gasteiger partial charge in [-0.2, -0.15) is 5.10 Å². The first-order valence-electron chi connectivity index (χ1n) is 11.4. The fourth-order valence-electron chi connectivity index (χ4n) is 3.66. The van der Waals surface area contributed by atoms with E-state index >= 15 is 0 Å². The van der Waals surface area contributed by atoms with Gasteiger partial charge in [0.15, 0.2) is 0 Å². The highest BCUT2D eigenvalue weighted by Crippen LogP contribution is 2.37. The second-order valence-electron chi connectivity index (χ2n) is 10.9. The van der Waals surface area contributed by atoms with Crippen molar-refractivity contribution in [1.82, 2.24) is 19.6 Å². The summed E-state index contributed by atoms with van der Waals surface area (Å²) in [7, 11) is 0.0262. The smallest absolute Gasteiger partial charge is 0.478 e. The Labute approximate surface area is 197 Å². The van der Waals surface area contributed by atoms with Crippen LogP contribution in [0.5, 0.6) is 5.88 Å². The molecule has 0 amide bonds. The molecule has 8 nitrogen and oxygen atoms in total. The lowest BCUT2D eigenvalue weighted by Gasteiger charge is -2.32. The van der Waals surface area contributed by atoms with Gasteiger partial charge in [0.05, 0.1) is 30.0 Å². The van der Waals surface area contributed by atoms with Crippen molar-refractivity contribution in [2.24, 2.45) is 0 Å². The van der Waals surface area contributed by atoms with Gasteiger partial charge in [0.1, 0.15) is 12.4 Å². The van der Waals surface area contributed by atoms with E-state index in [-0.39, 0.29) is 0 Å². The van der Waals surface area contributed by atoms with Crippen LogP contribution in [0.25, 0.3) is 16.6 Å². The molecule has 1 fully saturated rings. The number of nitrogens with zero attached hydrogens (tertiary/aromatic N) is 4. The van der Waals surface area contributed by atoms with E-state index in [0.29, 0.717) is 12.6 Å². The maximum atomic E-state index is 6.29. The first-order chi connectivity index (χ1) is 15.4. The van der Waals surface area contributed by atoms with E-state index in [4.69, 9.17) is 23.9 Å². The number of rotatable bonds is 8. The molecule has 0 bridgehead atoms. The molecule has 0 saturated carbocycles. The molecular formula is C23H35BN4O4Si. The molecule has 3 heterocycles. The Morgan fingerprint density at radius 1 is 1.03 bits per heavy atom. The average molecular weight is 470 g/mol. The largest absolute Gasteiger partial charge is 0.495 e. The van der Waals surface area contributed by atoms with Crippen LogP contribution in [0.4, 0.5) is 0 Å². The summed E-state index contributed by atoms with van der Waals surface area (Å²) in [5.41, 5.74) is 1.75. The normalized spacial score (nSPS) is 17.8. The summed E-state index contributed by atoms with van der Waals surface area (Å²) in [6.45, 7) is 16.4. The molecule has 1 aromatic carbocycles. The SMILES string of the molecule is COc1nn(COCC[Si](C)(C)C)cc1-n1cc2c(B3OC(C)(C)C(C)(C)O3)cccc2n1. The van der Waals surface area contributed by atoms with Crippen molar-refractivity contribution in [2.75, 3.05) is 13.7 Å². The van der Waals surface area contributed by atoms with Crippen LogP contribution in [-0.2, 0) is 20.8 Å². The third-order valence-corrected chi connectivity index (χ3v) is 8.16. The third kappa shape index (κ3) is 4.89. The zero-order valence-corrected chi connectivity index (χ0v) is 22.0. The predicted molar refractivity (Wildman–Crippen MR) is 133 cm³/mol. The van der Waals surface area contributed by atoms with Gasteiger partial charge in [-0.1, -0.05) is 31.8 Å². The van der Waals surface area contributed by atoms with Gasteiger partial charge in [0.25, 0.3) is 5.88 Å². The van der Waals surface area contributed by atoms with Gasteiger partial charge < -0.3 is 18.8 Å². The summed E-state index contributed by atoms with van der Waals surface area (Å²) in [5, 5.41) is 10.3. The van der Waals surface area contributed by atoms with E-state index in [0.717, 1.165) is 34.7 Å². The van der Waals surface area contributed by atoms with Crippen LogP contribution in [0.1, 0.15) is 27.7 Å². The highest BCUT2D eigenvalue weighted by atomic mass is 28.3. The lowest BCUT2D eigenvalue weighted by molar-refractivity contribution is 0.00578. The molecule has 0 aliphatic carbocycles. The summed E-state index contributed by atoms with van der Waals surface area (Å²) in [6.07, 6.45) is 3.87. The van der Waals surface area contributed by atoms with Crippen molar-refractivity contribution in [3.05, 3.63) is 30.6 Å². The van der Waals surface area contributed by atoms with Crippen LogP contribution in [0.3, 0.4) is 0 Å². The number of ether oxygens (including phenoxy) is 2. The van der Waals surface area contributed by atoms with Crippen molar-refractivity contribution in [3.8, 4) is 11.6 Å². The van der Waals surface area contributed by atoms with Crippen LogP contribution in [0, 0.1) is 0 Å². The minimum Gasteiger partial charge on any atom is -0.478 e. The molecule has 1 saturated heterocycles. The zero-order chi connectivity index (χ0) is 24.0. The van der Waals surface area contributed by atoms with Crippen LogP contribution in [0.2, 0.25) is 25.7 Å². The van der Waals surface area contributed by atoms with Gasteiger partial charge in [-0.15, -0.1) is 5.10 Å². The molecule has 4 rings (SSSR count). The molecule has 3 aromatic rings. The highest BCUT2D eigenvalue weighted by Gasteiger charge is 2.52. The lowest BCUT2D eigenvalue weighted by Crippen LogP contribution is -2.41. The van der Waals surface area contributed by atoms with Gasteiger partial charge in [-0.25, -0.2) is 9.36 Å². The summed E-state index contributed by atoms with van der Waals surface area (Å²) in [5.74, 6) is 0.494. The van der Waals surface area contributed by atoms with Gasteiger partial charge in [0, 0.05) is 26.3 Å². The van der Waals surface area contributed by atoms with Crippen LogP contribution < -0.4 is 10.2 Å². The van der Waals surface area contributed by atoms with Crippen molar-refractivity contribution in [3.63, 3.8) is 0 Å². The van der Waals surface area contributed by atoms with Crippen LogP contribution >= 0.6 is 0 Å². The predicted octanol–water partition coefficient (Wildman–Crippen LogP) is 3.84. The lowest BCUT2D eigenvalue weighted by atomic mass is 9.77. The average Bonchev–Trinajstić information content (AvgIpc) is 3.37. The molecule has 0 radical (unpaired) electrons. The van der Waals surface area contributed by atoms with Gasteiger partial charge >= 0.3 is 7.12 Å². The molecule has 0 N–H and O–H groups in total. The molecule has 1 aliphatic rings. The van der Waals surface area contributed by atoms with E-state index in [1.54, 1.807) is 16.5 Å². The Hall–Kier alpha value is -2.14. The fourth-order valence-corrected chi connectivity index (χ4v) is 4.42. The van der Waals surface area contributed by atoms with Crippen molar-refractivity contribution < 1.29 is 18.8 Å². The van der Waals surface area contributed by atoms with E-state index in [1.807, 2.05) is 30.6 Å². The zero-order valence-electron chi connectivity index (χ0n) is 21.0. The van der Waals surface area contributed by atoms with Crippen molar-refractivity contribution in [1.29, 1.82) is 0 Å². The van der Waals surface area contributed by atoms with E-state index in [1.165, 1.54) is 0 Å². The molecule has 1 aliphatic heterocycles. The fraction of sp³-hybridized carbons (Fsp3) is 0.565. The first kappa shape index (κ1) is 24.0. The van der Waals surface area contributed by atoms with Gasteiger partial charge in [-0.3, -0.25) is 0 Å². The van der Waals surface area contributed by atoms with Gasteiger partial charge in [-0.05, 0) is 45.3 Å². The minimum atomic E-state index is -1.13. The van der Waals surface area contributed by atoms with Crippen LogP contribution in [0.15, 0.2) is 30.6 Å². The molecule has 0 atom stereocenters. The molecule has 0 spiro atoms. The topological polar surface area (TPSA) is 72.6 Å². The molecule has 33 heavy (non-hydrogen) atoms. The molecular weight excluding hydrogens is 435 g/mol. The minimum absolute atomic E-state index is 0.376. The standard InChI is InChI=1S/C23H35BN4O4Si/c1-22(2)23(3,4)32-24(31-22)18-10-9-11-19-17(18)14-28(25-19)20-15-27(26-21(20)29-5)16-30-12-13-33(6,7)8/h9-11,14-15H,12-13,16H2,1-8H3. The number of methoxy groups -OCH3 is 1. The van der Waals surface area contributed by atoms with Crippen LogP contribution in [-0.4, -0.2) is 59.7 Å². The van der Waals surface area contributed by atoms with E-state index in [2.05, 4.69) is 52.4 Å². The number of aromatic nitrogens is 4. The summed E-state index contributed by atoms with van der Waals surface area (Å²) in [6, 6.07) is 7.11. The number of hydrogen-bond donors (Lipinski definition) is 0. The van der Waals surface area contributed by atoms with Crippen molar-refractivity contribution in [2.45, 2.75) is 71.3 Å². The van der Waals surface area contributed by atoms with E-state index in [9.17, 15) is 0 Å². The quantitative estimate of drug-likeness (QED) is 0.368. The molecule has 178 valence electrons. The first-order valence-corrected chi connectivity index (χ1v) is 15.1. The number of benzene rings is 1. The maximum absolute atomic E-state index is 6.29. The monoisotopic (exact) mass is 470 g/mol.